The van der Waals surface area contributed by atoms with Crippen LogP contribution in [-0.2, 0) is 43.0 Å². The van der Waals surface area contributed by atoms with Crippen molar-refractivity contribution in [2.45, 2.75) is 102 Å². The van der Waals surface area contributed by atoms with Crippen molar-refractivity contribution in [1.29, 1.82) is 0 Å². The zero-order chi connectivity index (χ0) is 36.2. The third-order valence-electron chi connectivity index (χ3n) is 11.3. The van der Waals surface area contributed by atoms with Crippen LogP contribution in [0.5, 0.6) is 0 Å². The number of alkyl halides is 1. The lowest BCUT2D eigenvalue weighted by Crippen LogP contribution is -2.70. The highest BCUT2D eigenvalue weighted by molar-refractivity contribution is 6.01. The van der Waals surface area contributed by atoms with Gasteiger partial charge in [0.1, 0.15) is 6.54 Å². The average molecular weight is 695 g/mol. The summed E-state index contributed by atoms with van der Waals surface area (Å²) in [4.78, 5) is 78.8. The molecule has 49 heavy (non-hydrogen) atoms. The molecular formula is C33H43FN2O13. The molecule has 1 heterocycles. The van der Waals surface area contributed by atoms with Gasteiger partial charge in [0.05, 0.1) is 25.4 Å². The van der Waals surface area contributed by atoms with Crippen LogP contribution in [0.2, 0.25) is 0 Å². The van der Waals surface area contributed by atoms with Crippen molar-refractivity contribution in [3.63, 3.8) is 0 Å². The van der Waals surface area contributed by atoms with Crippen LogP contribution in [0.1, 0.15) is 73.1 Å². The van der Waals surface area contributed by atoms with Gasteiger partial charge in [-0.1, -0.05) is 18.6 Å². The number of rotatable bonds is 11. The second-order valence-electron chi connectivity index (χ2n) is 14.4. The Labute approximate surface area is 282 Å². The van der Waals surface area contributed by atoms with Crippen LogP contribution in [0.4, 0.5) is 9.18 Å². The number of fused-ring (bicyclic) bond motifs is 7. The van der Waals surface area contributed by atoms with Gasteiger partial charge in [0.25, 0.3) is 5.09 Å². The number of imide groups is 1. The van der Waals surface area contributed by atoms with Crippen molar-refractivity contribution in [2.24, 2.45) is 22.7 Å². The Morgan fingerprint density at radius 1 is 1.12 bits per heavy atom. The van der Waals surface area contributed by atoms with E-state index in [1.165, 1.54) is 12.2 Å². The van der Waals surface area contributed by atoms with E-state index in [9.17, 15) is 39.2 Å². The van der Waals surface area contributed by atoms with Crippen LogP contribution < -0.4 is 0 Å². The molecule has 0 aromatic rings. The highest BCUT2D eigenvalue weighted by Gasteiger charge is 2.80. The molecule has 4 fully saturated rings. The number of esters is 1. The van der Waals surface area contributed by atoms with Crippen LogP contribution in [0.3, 0.4) is 0 Å². The summed E-state index contributed by atoms with van der Waals surface area (Å²) in [5.41, 5.74) is -5.63. The van der Waals surface area contributed by atoms with E-state index in [4.69, 9.17) is 18.9 Å². The first-order chi connectivity index (χ1) is 22.8. The summed E-state index contributed by atoms with van der Waals surface area (Å²) in [5, 5.41) is 21.0. The molecule has 0 aromatic carbocycles. The maximum Gasteiger partial charge on any atom is 0.417 e. The first-order valence-electron chi connectivity index (χ1n) is 16.4. The van der Waals surface area contributed by atoms with E-state index in [-0.39, 0.29) is 44.7 Å². The number of unbranched alkanes of at least 4 members (excludes halogenated alkanes) is 1. The molecule has 0 aromatic heterocycles. The topological polar surface area (TPSA) is 198 Å². The molecule has 270 valence electrons. The minimum absolute atomic E-state index is 0.174. The Morgan fingerprint density at radius 2 is 1.82 bits per heavy atom. The van der Waals surface area contributed by atoms with Crippen LogP contribution in [0, 0.1) is 32.8 Å². The summed E-state index contributed by atoms with van der Waals surface area (Å²) in [5.74, 6) is -5.25. The smallest absolute Gasteiger partial charge is 0.417 e. The first kappa shape index (κ1) is 36.5. The van der Waals surface area contributed by atoms with E-state index < -0.39 is 93.9 Å². The maximum atomic E-state index is 17.6. The zero-order valence-corrected chi connectivity index (χ0v) is 28.2. The van der Waals surface area contributed by atoms with Gasteiger partial charge in [-0.15, -0.1) is 10.1 Å². The molecule has 16 heteroatoms. The summed E-state index contributed by atoms with van der Waals surface area (Å²) >= 11 is 0. The molecule has 0 spiro atoms. The highest BCUT2D eigenvalue weighted by Crippen LogP contribution is 2.72. The Kier molecular flexibility index (Phi) is 9.57. The largest absolute Gasteiger partial charge is 0.456 e. The van der Waals surface area contributed by atoms with E-state index in [1.54, 1.807) is 33.8 Å². The Hall–Kier alpha value is -3.76. The number of carbonyl (C=O) groups excluding carboxylic acids is 5. The van der Waals surface area contributed by atoms with Crippen molar-refractivity contribution in [1.82, 2.24) is 4.90 Å². The quantitative estimate of drug-likeness (QED) is 0.144. The highest BCUT2D eigenvalue weighted by atomic mass is 19.1. The predicted molar refractivity (Wildman–Crippen MR) is 163 cm³/mol. The third-order valence-corrected chi connectivity index (χ3v) is 11.3. The van der Waals surface area contributed by atoms with Gasteiger partial charge < -0.3 is 28.9 Å². The molecule has 15 nitrogen and oxygen atoms in total. The number of hydrogen-bond acceptors (Lipinski definition) is 13. The second-order valence-corrected chi connectivity index (χ2v) is 14.4. The number of halogens is 1. The number of aliphatic hydroxyl groups excluding tert-OH is 1. The molecule has 5 aliphatic rings. The van der Waals surface area contributed by atoms with Crippen molar-refractivity contribution < 1.29 is 62.3 Å². The van der Waals surface area contributed by atoms with Crippen molar-refractivity contribution in [3.05, 3.63) is 33.9 Å². The summed E-state index contributed by atoms with van der Waals surface area (Å²) in [6, 6.07) is 0. The number of nitrogens with zero attached hydrogens (tertiary/aromatic N) is 2. The summed E-state index contributed by atoms with van der Waals surface area (Å²) < 4.78 is 40.5. The summed E-state index contributed by atoms with van der Waals surface area (Å²) in [6.45, 7) is 5.69. The predicted octanol–water partition coefficient (Wildman–Crippen LogP) is 2.94. The lowest BCUT2D eigenvalue weighted by molar-refractivity contribution is -0.757. The van der Waals surface area contributed by atoms with Gasteiger partial charge in [0.2, 0.25) is 11.7 Å². The maximum absolute atomic E-state index is 17.6. The van der Waals surface area contributed by atoms with E-state index in [1.807, 2.05) is 0 Å². The fourth-order valence-corrected chi connectivity index (χ4v) is 9.12. The molecule has 1 N–H and O–H groups in total. The molecule has 0 radical (unpaired) electrons. The number of hydrogen-bond donors (Lipinski definition) is 1. The number of Topliss-reactive ketones (excluding diaryl/α,β-unsaturated/α-hetero) is 1. The van der Waals surface area contributed by atoms with Gasteiger partial charge in [-0.25, -0.2) is 14.1 Å². The Morgan fingerprint density at radius 3 is 2.49 bits per heavy atom. The molecule has 1 aliphatic heterocycles. The molecule has 3 saturated carbocycles. The lowest BCUT2D eigenvalue weighted by atomic mass is 9.44. The molecule has 4 aliphatic carbocycles. The van der Waals surface area contributed by atoms with Crippen LogP contribution >= 0.6 is 0 Å². The number of carbonyl (C=O) groups is 5. The standard InChI is InChI=1S/C33H43FN2O13/c1-19(37)35(28(42)45-12-6-7-13-47-36(43)44)17-27(41)46-18-25(40)33-26(48-29(2,3)49-33)15-23-22-9-8-20-14-21(38)10-11-30(20,4)32(22,34)24(39)16-31(23,33)5/h10-11,14,22-24,26,39H,6-9,12-13,15-18H2,1-5H3/t22-,23-,24-,26+,30-,31-,32-,33-/m0/s1. The molecule has 8 atom stereocenters. The average Bonchev–Trinajstić information content (AvgIpc) is 3.42. The Balaban J connectivity index is 1.30. The van der Waals surface area contributed by atoms with Crippen LogP contribution in [-0.4, -0.2) is 100 Å². The van der Waals surface area contributed by atoms with Gasteiger partial charge in [-0.2, -0.15) is 0 Å². The van der Waals surface area contributed by atoms with Gasteiger partial charge in [-0.05, 0) is 77.4 Å². The van der Waals surface area contributed by atoms with E-state index in [2.05, 4.69) is 4.84 Å². The molecular weight excluding hydrogens is 651 g/mol. The van der Waals surface area contributed by atoms with Crippen molar-refractivity contribution >= 4 is 29.5 Å². The van der Waals surface area contributed by atoms with E-state index in [0.717, 1.165) is 6.92 Å². The third kappa shape index (κ3) is 5.94. The van der Waals surface area contributed by atoms with Crippen LogP contribution in [0.25, 0.3) is 0 Å². The number of ether oxygens (including phenoxy) is 4. The minimum Gasteiger partial charge on any atom is -0.456 e. The monoisotopic (exact) mass is 694 g/mol. The first-order valence-corrected chi connectivity index (χ1v) is 16.4. The molecule has 5 rings (SSSR count). The summed E-state index contributed by atoms with van der Waals surface area (Å²) in [7, 11) is 0. The molecule has 1 saturated heterocycles. The number of amides is 2. The van der Waals surface area contributed by atoms with Gasteiger partial charge in [0, 0.05) is 23.7 Å². The number of allylic oxidation sites excluding steroid dienone is 4. The van der Waals surface area contributed by atoms with Gasteiger partial charge >= 0.3 is 12.1 Å². The number of aliphatic hydroxyl groups is 1. The van der Waals surface area contributed by atoms with Crippen LogP contribution in [0.15, 0.2) is 23.8 Å². The van der Waals surface area contributed by atoms with Crippen molar-refractivity contribution in [2.75, 3.05) is 26.4 Å². The Bertz CT molecular complexity index is 1500. The van der Waals surface area contributed by atoms with E-state index in [0.29, 0.717) is 23.3 Å². The fourth-order valence-electron chi connectivity index (χ4n) is 9.12. The lowest BCUT2D eigenvalue weighted by Gasteiger charge is -2.62. The minimum atomic E-state index is -2.14. The van der Waals surface area contributed by atoms with Gasteiger partial charge in [-0.3, -0.25) is 19.2 Å². The molecule has 2 amide bonds. The van der Waals surface area contributed by atoms with E-state index >= 15 is 4.39 Å². The molecule has 0 bridgehead atoms. The summed E-state index contributed by atoms with van der Waals surface area (Å²) in [6.07, 6.45) is 1.99. The normalized spacial score (nSPS) is 36.7. The number of ketones is 2. The van der Waals surface area contributed by atoms with Gasteiger partial charge in [0.15, 0.2) is 29.4 Å². The molecule has 0 unspecified atom stereocenters. The SMILES string of the molecule is CC(=O)N(CC(=O)OCC(=O)[C@]12OC(C)(C)O[C@@H]1C[C@H]1[C@@H]3CCC4=CC(=O)C=C[C@]4(C)[C@@]3(F)[C@@H](O)C[C@@]12C)C(=O)OCCCCO[N+](=O)[O-]. The van der Waals surface area contributed by atoms with Crippen molar-refractivity contribution in [3.8, 4) is 0 Å². The zero-order valence-electron chi connectivity index (χ0n) is 28.2. The second kappa shape index (κ2) is 12.8. The fraction of sp³-hybridized carbons (Fsp3) is 0.727.